The molecule has 1 aromatic carbocycles. The van der Waals surface area contributed by atoms with Crippen LogP contribution in [-0.4, -0.2) is 15.7 Å². The van der Waals surface area contributed by atoms with Crippen molar-refractivity contribution in [3.05, 3.63) is 34.8 Å². The van der Waals surface area contributed by atoms with Crippen LogP contribution in [0.5, 0.6) is 10.9 Å². The normalized spacial score (nSPS) is 11.7. The standard InChI is InChI=1S/C13H15F2N3OS/c1-13(2,3)16-7-10-17-18-12(20-10)19-9-6-4-5-8(14)11(9)15/h4-6,16H,7H2,1-3H3. The molecule has 4 nitrogen and oxygen atoms in total. The second-order valence-corrected chi connectivity index (χ2v) is 6.24. The Hall–Kier alpha value is -1.60. The van der Waals surface area contributed by atoms with E-state index >= 15 is 0 Å². The molecule has 0 aliphatic rings. The third kappa shape index (κ3) is 3.94. The number of hydrogen-bond donors (Lipinski definition) is 1. The number of ether oxygens (including phenoxy) is 1. The van der Waals surface area contributed by atoms with Crippen LogP contribution in [0.1, 0.15) is 25.8 Å². The van der Waals surface area contributed by atoms with Gasteiger partial charge in [-0.1, -0.05) is 22.5 Å². The summed E-state index contributed by atoms with van der Waals surface area (Å²) in [5, 5.41) is 11.9. The van der Waals surface area contributed by atoms with Crippen molar-refractivity contribution in [2.75, 3.05) is 0 Å². The maximum absolute atomic E-state index is 13.4. The fourth-order valence-electron chi connectivity index (χ4n) is 1.35. The molecule has 108 valence electrons. The van der Waals surface area contributed by atoms with Crippen molar-refractivity contribution in [1.82, 2.24) is 15.5 Å². The van der Waals surface area contributed by atoms with Gasteiger partial charge in [0.2, 0.25) is 5.82 Å². The summed E-state index contributed by atoms with van der Waals surface area (Å²) in [6, 6.07) is 3.74. The zero-order valence-electron chi connectivity index (χ0n) is 11.4. The Bertz CT molecular complexity index is 596. The van der Waals surface area contributed by atoms with Gasteiger partial charge in [0.05, 0.1) is 6.54 Å². The Kier molecular flexibility index (Phi) is 4.29. The van der Waals surface area contributed by atoms with Crippen LogP contribution in [0.4, 0.5) is 8.78 Å². The van der Waals surface area contributed by atoms with E-state index < -0.39 is 11.6 Å². The van der Waals surface area contributed by atoms with Gasteiger partial charge in [0.1, 0.15) is 5.01 Å². The highest BCUT2D eigenvalue weighted by atomic mass is 32.1. The minimum Gasteiger partial charge on any atom is -0.427 e. The predicted octanol–water partition coefficient (Wildman–Crippen LogP) is 3.50. The lowest BCUT2D eigenvalue weighted by atomic mass is 10.1. The fourth-order valence-corrected chi connectivity index (χ4v) is 1.99. The van der Waals surface area contributed by atoms with Gasteiger partial charge in [0.25, 0.3) is 5.19 Å². The van der Waals surface area contributed by atoms with E-state index in [1.54, 1.807) is 0 Å². The van der Waals surface area contributed by atoms with E-state index in [2.05, 4.69) is 15.5 Å². The summed E-state index contributed by atoms with van der Waals surface area (Å²) in [6.07, 6.45) is 0. The van der Waals surface area contributed by atoms with Crippen LogP contribution < -0.4 is 10.1 Å². The van der Waals surface area contributed by atoms with Crippen LogP contribution in [0.2, 0.25) is 0 Å². The van der Waals surface area contributed by atoms with Crippen molar-refractivity contribution in [2.45, 2.75) is 32.9 Å². The maximum atomic E-state index is 13.4. The summed E-state index contributed by atoms with van der Waals surface area (Å²) in [6.45, 7) is 6.64. The molecule has 0 aliphatic heterocycles. The van der Waals surface area contributed by atoms with Crippen molar-refractivity contribution in [3.8, 4) is 10.9 Å². The number of aromatic nitrogens is 2. The second kappa shape index (κ2) is 5.80. The highest BCUT2D eigenvalue weighted by molar-refractivity contribution is 7.13. The van der Waals surface area contributed by atoms with Crippen LogP contribution in [-0.2, 0) is 6.54 Å². The molecular formula is C13H15F2N3OS. The summed E-state index contributed by atoms with van der Waals surface area (Å²) in [4.78, 5) is 0. The average Bonchev–Trinajstić information content (AvgIpc) is 2.80. The Morgan fingerprint density at radius 3 is 2.70 bits per heavy atom. The first-order chi connectivity index (χ1) is 9.35. The van der Waals surface area contributed by atoms with Gasteiger partial charge in [-0.15, -0.1) is 5.10 Å². The highest BCUT2D eigenvalue weighted by Gasteiger charge is 2.14. The largest absolute Gasteiger partial charge is 0.427 e. The molecule has 2 rings (SSSR count). The molecule has 0 saturated carbocycles. The van der Waals surface area contributed by atoms with Gasteiger partial charge in [-0.3, -0.25) is 0 Å². The van der Waals surface area contributed by atoms with Crippen molar-refractivity contribution in [1.29, 1.82) is 0 Å². The highest BCUT2D eigenvalue weighted by Crippen LogP contribution is 2.28. The smallest absolute Gasteiger partial charge is 0.299 e. The van der Waals surface area contributed by atoms with Crippen LogP contribution in [0, 0.1) is 11.6 Å². The number of benzene rings is 1. The molecule has 1 heterocycles. The average molecular weight is 299 g/mol. The molecule has 0 spiro atoms. The molecule has 0 saturated heterocycles. The molecule has 0 bridgehead atoms. The van der Waals surface area contributed by atoms with Crippen molar-refractivity contribution < 1.29 is 13.5 Å². The van der Waals surface area contributed by atoms with E-state index in [4.69, 9.17) is 4.74 Å². The number of rotatable bonds is 4. The van der Waals surface area contributed by atoms with Crippen molar-refractivity contribution in [2.24, 2.45) is 0 Å². The quantitative estimate of drug-likeness (QED) is 0.938. The van der Waals surface area contributed by atoms with E-state index in [1.807, 2.05) is 20.8 Å². The molecule has 7 heteroatoms. The molecule has 0 atom stereocenters. The lowest BCUT2D eigenvalue weighted by Crippen LogP contribution is -2.35. The summed E-state index contributed by atoms with van der Waals surface area (Å²) in [7, 11) is 0. The summed E-state index contributed by atoms with van der Waals surface area (Å²) < 4.78 is 31.7. The number of nitrogens with one attached hydrogen (secondary N) is 1. The molecular weight excluding hydrogens is 284 g/mol. The van der Waals surface area contributed by atoms with Gasteiger partial charge >= 0.3 is 0 Å². The monoisotopic (exact) mass is 299 g/mol. The molecule has 0 radical (unpaired) electrons. The fraction of sp³-hybridized carbons (Fsp3) is 0.385. The molecule has 0 aliphatic carbocycles. The third-order valence-electron chi connectivity index (χ3n) is 2.33. The predicted molar refractivity (Wildman–Crippen MR) is 72.9 cm³/mol. The second-order valence-electron chi connectivity index (χ2n) is 5.22. The third-order valence-corrected chi connectivity index (χ3v) is 3.13. The minimum absolute atomic E-state index is 0.0403. The molecule has 2 aromatic rings. The topological polar surface area (TPSA) is 47.0 Å². The Morgan fingerprint density at radius 1 is 1.25 bits per heavy atom. The first-order valence-electron chi connectivity index (χ1n) is 6.04. The van der Waals surface area contributed by atoms with Gasteiger partial charge in [-0.05, 0) is 32.9 Å². The van der Waals surface area contributed by atoms with E-state index in [9.17, 15) is 8.78 Å². The summed E-state index contributed by atoms with van der Waals surface area (Å²) >= 11 is 1.19. The molecule has 1 aromatic heterocycles. The van der Waals surface area contributed by atoms with Crippen LogP contribution in [0.3, 0.4) is 0 Å². The zero-order chi connectivity index (χ0) is 14.8. The maximum Gasteiger partial charge on any atom is 0.299 e. The van der Waals surface area contributed by atoms with E-state index in [0.29, 0.717) is 11.6 Å². The summed E-state index contributed by atoms with van der Waals surface area (Å²) in [5.41, 5.74) is -0.0403. The molecule has 20 heavy (non-hydrogen) atoms. The first kappa shape index (κ1) is 14.8. The SMILES string of the molecule is CC(C)(C)NCc1nnc(Oc2cccc(F)c2F)s1. The Labute approximate surface area is 119 Å². The van der Waals surface area contributed by atoms with Crippen LogP contribution in [0.25, 0.3) is 0 Å². The molecule has 1 N–H and O–H groups in total. The van der Waals surface area contributed by atoms with Gasteiger partial charge < -0.3 is 10.1 Å². The minimum atomic E-state index is -1.03. The lowest BCUT2D eigenvalue weighted by molar-refractivity contribution is 0.411. The molecule has 0 amide bonds. The first-order valence-corrected chi connectivity index (χ1v) is 6.86. The number of hydrogen-bond acceptors (Lipinski definition) is 5. The van der Waals surface area contributed by atoms with Gasteiger partial charge in [-0.2, -0.15) is 4.39 Å². The molecule has 0 fully saturated rings. The van der Waals surface area contributed by atoms with Crippen molar-refractivity contribution in [3.63, 3.8) is 0 Å². The zero-order valence-corrected chi connectivity index (χ0v) is 12.2. The van der Waals surface area contributed by atoms with Gasteiger partial charge in [0.15, 0.2) is 11.6 Å². The van der Waals surface area contributed by atoms with Crippen LogP contribution >= 0.6 is 11.3 Å². The number of nitrogens with zero attached hydrogens (tertiary/aromatic N) is 2. The molecule has 0 unspecified atom stereocenters. The van der Waals surface area contributed by atoms with Gasteiger partial charge in [-0.25, -0.2) is 4.39 Å². The van der Waals surface area contributed by atoms with Crippen LogP contribution in [0.15, 0.2) is 18.2 Å². The lowest BCUT2D eigenvalue weighted by Gasteiger charge is -2.19. The van der Waals surface area contributed by atoms with E-state index in [0.717, 1.165) is 6.07 Å². The number of halogens is 2. The van der Waals surface area contributed by atoms with Crippen molar-refractivity contribution >= 4 is 11.3 Å². The van der Waals surface area contributed by atoms with Gasteiger partial charge in [0, 0.05) is 5.54 Å². The van der Waals surface area contributed by atoms with E-state index in [-0.39, 0.29) is 16.5 Å². The summed E-state index contributed by atoms with van der Waals surface area (Å²) in [5.74, 6) is -2.19. The van der Waals surface area contributed by atoms with E-state index in [1.165, 1.54) is 23.5 Å². The Balaban J connectivity index is 2.04. The Morgan fingerprint density at radius 2 is 2.00 bits per heavy atom.